The Bertz CT molecular complexity index is 1610. The molecular weight excluding hydrogens is 1030 g/mol. The minimum absolute atomic E-state index is 0.0503. The molecule has 0 radical (unpaired) electrons. The molecule has 0 aliphatic carbocycles. The van der Waals surface area contributed by atoms with Gasteiger partial charge in [0.1, 0.15) is 54.9 Å². The highest BCUT2D eigenvalue weighted by Crippen LogP contribution is 2.27. The lowest BCUT2D eigenvalue weighted by Gasteiger charge is -2.42. The minimum atomic E-state index is -1.72. The molecule has 0 bridgehead atoms. The Hall–Kier alpha value is -2.57. The Morgan fingerprint density at radius 1 is 0.420 bits per heavy atom. The smallest absolute Gasteiger partial charge is 0.306 e. The van der Waals surface area contributed by atoms with Crippen molar-refractivity contribution < 1.29 is 69.0 Å². The molecule has 470 valence electrons. The summed E-state index contributed by atoms with van der Waals surface area (Å²) in [5, 5.41) is 72.5. The maximum atomic E-state index is 13.1. The molecule has 2 saturated heterocycles. The molecule has 0 aromatic rings. The maximum Gasteiger partial charge on any atom is 0.306 e. The van der Waals surface area contributed by atoms with Gasteiger partial charge in [-0.1, -0.05) is 247 Å². The van der Waals surface area contributed by atoms with E-state index in [2.05, 4.69) is 86.8 Å². The number of aliphatic hydroxyl groups is 7. The average Bonchev–Trinajstić information content (AvgIpc) is 3.46. The van der Waals surface area contributed by atoms with Gasteiger partial charge in [-0.2, -0.15) is 0 Å². The van der Waals surface area contributed by atoms with Crippen LogP contribution in [0.3, 0.4) is 0 Å². The molecule has 0 aromatic heterocycles. The molecule has 0 aromatic carbocycles. The van der Waals surface area contributed by atoms with Crippen molar-refractivity contribution in [2.75, 3.05) is 33.0 Å². The third kappa shape index (κ3) is 38.9. The molecule has 7 N–H and O–H groups in total. The Balaban J connectivity index is 1.68. The molecule has 0 amide bonds. The standard InChI is InChI=1S/C67H118O14/c1-3-5-7-9-11-13-15-17-19-21-23-25-27-29-31-33-35-37-39-41-43-45-47-49-51-76-53-56(54-77-66-65(75)63(73)61(71)58(81-66)55-78-67-64(74)62(72)60(70)57(52-68)80-67)79-59(69)50-48-46-44-42-40-38-36-34-32-30-28-26-24-22-20-18-16-14-12-10-8-6-4-2/h6,8,12,14,18,20,24,26,30,32,36,38,56-58,60-68,70-75H,3-5,7,9-11,13,15-17,19,21-23,25,27-29,31,33-35,37,39-55H2,1-2H3/b8-6-,14-12-,20-18-,26-24-,32-30-,38-36-. The minimum Gasteiger partial charge on any atom is -0.457 e. The fourth-order valence-electron chi connectivity index (χ4n) is 10.1. The number of hydrogen-bond donors (Lipinski definition) is 7. The van der Waals surface area contributed by atoms with Crippen molar-refractivity contribution in [3.63, 3.8) is 0 Å². The highest BCUT2D eigenvalue weighted by Gasteiger charge is 2.47. The molecule has 11 atom stereocenters. The molecule has 2 rings (SSSR count). The summed E-state index contributed by atoms with van der Waals surface area (Å²) < 4.78 is 34.5. The predicted octanol–water partition coefficient (Wildman–Crippen LogP) is 13.0. The lowest BCUT2D eigenvalue weighted by atomic mass is 9.98. The highest BCUT2D eigenvalue weighted by molar-refractivity contribution is 5.69. The first-order valence-corrected chi connectivity index (χ1v) is 32.5. The predicted molar refractivity (Wildman–Crippen MR) is 325 cm³/mol. The first-order chi connectivity index (χ1) is 39.6. The van der Waals surface area contributed by atoms with Gasteiger partial charge in [-0.05, 0) is 64.2 Å². The molecule has 2 aliphatic rings. The quantitative estimate of drug-likeness (QED) is 0.0172. The fraction of sp³-hybridized carbons (Fsp3) is 0.806. The number of hydrogen-bond acceptors (Lipinski definition) is 14. The molecule has 0 saturated carbocycles. The van der Waals surface area contributed by atoms with Gasteiger partial charge in [0.05, 0.1) is 26.4 Å². The van der Waals surface area contributed by atoms with Crippen LogP contribution in [-0.4, -0.2) is 142 Å². The first kappa shape index (κ1) is 74.5. The Kier molecular flexibility index (Phi) is 48.7. The van der Waals surface area contributed by atoms with E-state index in [9.17, 15) is 40.5 Å². The van der Waals surface area contributed by atoms with Gasteiger partial charge in [-0.25, -0.2) is 0 Å². The number of esters is 1. The van der Waals surface area contributed by atoms with Gasteiger partial charge in [-0.15, -0.1) is 0 Å². The van der Waals surface area contributed by atoms with Crippen molar-refractivity contribution in [2.45, 2.75) is 313 Å². The van der Waals surface area contributed by atoms with Crippen LogP contribution in [0.5, 0.6) is 0 Å². The van der Waals surface area contributed by atoms with Crippen molar-refractivity contribution in [2.24, 2.45) is 0 Å². The second-order valence-corrected chi connectivity index (χ2v) is 22.6. The lowest BCUT2D eigenvalue weighted by Crippen LogP contribution is -2.61. The van der Waals surface area contributed by atoms with E-state index < -0.39 is 86.7 Å². The van der Waals surface area contributed by atoms with Crippen LogP contribution in [0, 0.1) is 0 Å². The Morgan fingerprint density at radius 3 is 1.26 bits per heavy atom. The van der Waals surface area contributed by atoms with Crippen molar-refractivity contribution in [1.82, 2.24) is 0 Å². The van der Waals surface area contributed by atoms with E-state index in [1.54, 1.807) is 0 Å². The number of allylic oxidation sites excluding steroid dienone is 12. The number of carbonyl (C=O) groups excluding carboxylic acids is 1. The van der Waals surface area contributed by atoms with Gasteiger partial charge in [0, 0.05) is 13.0 Å². The van der Waals surface area contributed by atoms with Crippen LogP contribution in [0.15, 0.2) is 72.9 Å². The van der Waals surface area contributed by atoms with E-state index >= 15 is 0 Å². The summed E-state index contributed by atoms with van der Waals surface area (Å²) >= 11 is 0. The average molecular weight is 1150 g/mol. The van der Waals surface area contributed by atoms with Crippen molar-refractivity contribution >= 4 is 5.97 Å². The summed E-state index contributed by atoms with van der Waals surface area (Å²) in [6.07, 6.45) is 52.5. The molecule has 11 unspecified atom stereocenters. The van der Waals surface area contributed by atoms with Crippen LogP contribution in [0.4, 0.5) is 0 Å². The number of carbonyl (C=O) groups is 1. The van der Waals surface area contributed by atoms with Gasteiger partial charge in [-0.3, -0.25) is 4.79 Å². The van der Waals surface area contributed by atoms with Gasteiger partial charge in [0.2, 0.25) is 0 Å². The van der Waals surface area contributed by atoms with Crippen LogP contribution in [0.1, 0.15) is 245 Å². The molecule has 0 spiro atoms. The van der Waals surface area contributed by atoms with E-state index in [0.717, 1.165) is 83.5 Å². The summed E-state index contributed by atoms with van der Waals surface area (Å²) in [4.78, 5) is 13.1. The second-order valence-electron chi connectivity index (χ2n) is 22.6. The molecule has 14 heteroatoms. The van der Waals surface area contributed by atoms with E-state index in [4.69, 9.17) is 28.4 Å². The van der Waals surface area contributed by atoms with Gasteiger partial charge in [0.15, 0.2) is 12.6 Å². The zero-order chi connectivity index (χ0) is 58.6. The molecule has 14 nitrogen and oxygen atoms in total. The van der Waals surface area contributed by atoms with Gasteiger partial charge < -0.3 is 64.2 Å². The topological polar surface area (TPSA) is 214 Å². The first-order valence-electron chi connectivity index (χ1n) is 32.5. The van der Waals surface area contributed by atoms with E-state index in [-0.39, 0.29) is 19.6 Å². The zero-order valence-electron chi connectivity index (χ0n) is 50.8. The van der Waals surface area contributed by atoms with Crippen molar-refractivity contribution in [3.05, 3.63) is 72.9 Å². The van der Waals surface area contributed by atoms with Crippen LogP contribution < -0.4 is 0 Å². The lowest BCUT2D eigenvalue weighted by molar-refractivity contribution is -0.332. The van der Waals surface area contributed by atoms with Gasteiger partial charge in [0.25, 0.3) is 0 Å². The van der Waals surface area contributed by atoms with E-state index in [1.165, 1.54) is 135 Å². The molecular formula is C67H118O14. The molecule has 81 heavy (non-hydrogen) atoms. The maximum absolute atomic E-state index is 13.1. The second kappa shape index (κ2) is 52.9. The number of ether oxygens (including phenoxy) is 6. The van der Waals surface area contributed by atoms with E-state index in [1.807, 2.05) is 0 Å². The summed E-state index contributed by atoms with van der Waals surface area (Å²) in [6.45, 7) is 3.58. The summed E-state index contributed by atoms with van der Waals surface area (Å²) in [5.41, 5.74) is 0. The largest absolute Gasteiger partial charge is 0.457 e. The molecule has 2 fully saturated rings. The fourth-order valence-corrected chi connectivity index (χ4v) is 10.1. The van der Waals surface area contributed by atoms with Crippen LogP contribution in [-0.2, 0) is 33.2 Å². The highest BCUT2D eigenvalue weighted by atomic mass is 16.7. The van der Waals surface area contributed by atoms with Crippen LogP contribution in [0.25, 0.3) is 0 Å². The molecule has 2 aliphatic heterocycles. The number of unbranched alkanes of at least 4 members (excludes halogenated alkanes) is 27. The van der Waals surface area contributed by atoms with Crippen LogP contribution in [0.2, 0.25) is 0 Å². The summed E-state index contributed by atoms with van der Waals surface area (Å²) in [7, 11) is 0. The Morgan fingerprint density at radius 2 is 0.802 bits per heavy atom. The normalized spacial score (nSPS) is 24.2. The van der Waals surface area contributed by atoms with Crippen molar-refractivity contribution in [1.29, 1.82) is 0 Å². The third-order valence-electron chi connectivity index (χ3n) is 15.2. The van der Waals surface area contributed by atoms with Gasteiger partial charge >= 0.3 is 5.97 Å². The zero-order valence-corrected chi connectivity index (χ0v) is 50.8. The SMILES string of the molecule is CC/C=C\C/C=C\C/C=C\C/C=C\C/C=C\C/C=C\CCCCCCC(=O)OC(COCCCCCCCCCCCCCCCCCCCCCCCCCC)COC1OC(COC2OC(CO)C(O)C(O)C2O)C(O)C(O)C1O. The summed E-state index contributed by atoms with van der Waals surface area (Å²) in [6, 6.07) is 0. The number of rotatable bonds is 53. The van der Waals surface area contributed by atoms with E-state index in [0.29, 0.717) is 13.0 Å². The van der Waals surface area contributed by atoms with Crippen molar-refractivity contribution in [3.8, 4) is 0 Å². The summed E-state index contributed by atoms with van der Waals surface area (Å²) in [5.74, 6) is -0.398. The molecule has 2 heterocycles. The monoisotopic (exact) mass is 1150 g/mol. The number of aliphatic hydroxyl groups excluding tert-OH is 7. The van der Waals surface area contributed by atoms with Crippen LogP contribution >= 0.6 is 0 Å². The third-order valence-corrected chi connectivity index (χ3v) is 15.2. The Labute approximate surface area is 491 Å².